The molecular weight excluding hydrogens is 186 g/mol. The van der Waals surface area contributed by atoms with Crippen molar-refractivity contribution in [3.8, 4) is 5.75 Å². The lowest BCUT2D eigenvalue weighted by molar-refractivity contribution is 0.242. The molecule has 0 spiro atoms. The Labute approximate surface area is 91.7 Å². The molecule has 0 aliphatic carbocycles. The van der Waals surface area contributed by atoms with Gasteiger partial charge in [-0.1, -0.05) is 18.7 Å². The summed E-state index contributed by atoms with van der Waals surface area (Å²) in [5.41, 5.74) is 7.69. The first-order valence-corrected chi connectivity index (χ1v) is 5.28. The standard InChI is InChI=1S/C13H19NO/c1-10(2)15-13-6-4-12(5-7-13)11(3)8-9-14/h4-7,10H,3,8-9,14H2,1-2H3. The van der Waals surface area contributed by atoms with Gasteiger partial charge in [0, 0.05) is 0 Å². The topological polar surface area (TPSA) is 35.2 Å². The maximum absolute atomic E-state index is 5.55. The largest absolute Gasteiger partial charge is 0.491 e. The maximum Gasteiger partial charge on any atom is 0.119 e. The third-order valence-corrected chi connectivity index (χ3v) is 2.08. The lowest BCUT2D eigenvalue weighted by Gasteiger charge is -2.10. The molecule has 0 saturated heterocycles. The molecule has 1 rings (SSSR count). The van der Waals surface area contributed by atoms with Crippen molar-refractivity contribution < 1.29 is 4.74 Å². The summed E-state index contributed by atoms with van der Waals surface area (Å²) in [6.07, 6.45) is 1.05. The second-order valence-electron chi connectivity index (χ2n) is 3.83. The van der Waals surface area contributed by atoms with Gasteiger partial charge >= 0.3 is 0 Å². The Morgan fingerprint density at radius 2 is 1.93 bits per heavy atom. The monoisotopic (exact) mass is 205 g/mol. The summed E-state index contributed by atoms with van der Waals surface area (Å²) in [6.45, 7) is 8.66. The molecule has 2 heteroatoms. The lowest BCUT2D eigenvalue weighted by atomic mass is 10.0. The molecule has 0 fully saturated rings. The summed E-state index contributed by atoms with van der Waals surface area (Å²) in [5.74, 6) is 0.897. The fourth-order valence-electron chi connectivity index (χ4n) is 1.36. The van der Waals surface area contributed by atoms with Gasteiger partial charge in [-0.3, -0.25) is 0 Å². The van der Waals surface area contributed by atoms with Crippen molar-refractivity contribution in [3.63, 3.8) is 0 Å². The van der Waals surface area contributed by atoms with Gasteiger partial charge in [0.25, 0.3) is 0 Å². The molecule has 0 aliphatic rings. The summed E-state index contributed by atoms with van der Waals surface area (Å²) < 4.78 is 5.55. The van der Waals surface area contributed by atoms with Crippen molar-refractivity contribution in [2.45, 2.75) is 26.4 Å². The van der Waals surface area contributed by atoms with E-state index in [1.54, 1.807) is 0 Å². The quantitative estimate of drug-likeness (QED) is 0.802. The Kier molecular flexibility index (Phi) is 4.37. The van der Waals surface area contributed by atoms with Gasteiger partial charge in [0.2, 0.25) is 0 Å². The number of hydrogen-bond acceptors (Lipinski definition) is 2. The highest BCUT2D eigenvalue weighted by atomic mass is 16.5. The Balaban J connectivity index is 2.67. The van der Waals surface area contributed by atoms with Gasteiger partial charge in [-0.25, -0.2) is 0 Å². The first kappa shape index (κ1) is 11.8. The third kappa shape index (κ3) is 3.76. The minimum absolute atomic E-state index is 0.211. The Morgan fingerprint density at radius 3 is 2.40 bits per heavy atom. The minimum Gasteiger partial charge on any atom is -0.491 e. The third-order valence-electron chi connectivity index (χ3n) is 2.08. The van der Waals surface area contributed by atoms with Gasteiger partial charge in [0.15, 0.2) is 0 Å². The Morgan fingerprint density at radius 1 is 1.33 bits per heavy atom. The van der Waals surface area contributed by atoms with Crippen LogP contribution >= 0.6 is 0 Å². The minimum atomic E-state index is 0.211. The normalized spacial score (nSPS) is 10.4. The molecule has 0 aromatic heterocycles. The zero-order valence-electron chi connectivity index (χ0n) is 9.49. The van der Waals surface area contributed by atoms with Crippen molar-refractivity contribution in [3.05, 3.63) is 36.4 Å². The smallest absolute Gasteiger partial charge is 0.119 e. The van der Waals surface area contributed by atoms with Crippen LogP contribution in [0.5, 0.6) is 5.75 Å². The number of rotatable bonds is 5. The molecule has 0 heterocycles. The van der Waals surface area contributed by atoms with Gasteiger partial charge in [-0.2, -0.15) is 0 Å². The van der Waals surface area contributed by atoms with E-state index in [1.165, 1.54) is 0 Å². The number of nitrogens with two attached hydrogens (primary N) is 1. The summed E-state index contributed by atoms with van der Waals surface area (Å²) >= 11 is 0. The molecule has 0 bridgehead atoms. The van der Waals surface area contributed by atoms with Crippen LogP contribution in [0.3, 0.4) is 0 Å². The predicted octanol–water partition coefficient (Wildman–Crippen LogP) is 2.84. The number of hydrogen-bond donors (Lipinski definition) is 1. The van der Waals surface area contributed by atoms with Crippen LogP contribution in [0.2, 0.25) is 0 Å². The predicted molar refractivity (Wildman–Crippen MR) is 64.9 cm³/mol. The van der Waals surface area contributed by atoms with E-state index in [4.69, 9.17) is 10.5 Å². The summed E-state index contributed by atoms with van der Waals surface area (Å²) in [6, 6.07) is 7.99. The molecular formula is C13H19NO. The first-order valence-electron chi connectivity index (χ1n) is 5.28. The molecule has 0 amide bonds. The van der Waals surface area contributed by atoms with Gasteiger partial charge in [-0.15, -0.1) is 0 Å². The average Bonchev–Trinajstić information content (AvgIpc) is 2.18. The molecule has 1 aromatic rings. The van der Waals surface area contributed by atoms with Crippen LogP contribution < -0.4 is 10.5 Å². The SMILES string of the molecule is C=C(CCN)c1ccc(OC(C)C)cc1. The van der Waals surface area contributed by atoms with Crippen LogP contribution in [0, 0.1) is 0 Å². The molecule has 82 valence electrons. The number of benzene rings is 1. The van der Waals surface area contributed by atoms with Crippen LogP contribution in [0.1, 0.15) is 25.8 Å². The van der Waals surface area contributed by atoms with Crippen molar-refractivity contribution >= 4 is 5.57 Å². The van der Waals surface area contributed by atoms with Gasteiger partial charge in [-0.05, 0) is 50.1 Å². The van der Waals surface area contributed by atoms with E-state index in [0.717, 1.165) is 23.3 Å². The van der Waals surface area contributed by atoms with Crippen LogP contribution in [-0.2, 0) is 0 Å². The second kappa shape index (κ2) is 5.56. The van der Waals surface area contributed by atoms with Crippen molar-refractivity contribution in [1.29, 1.82) is 0 Å². The van der Waals surface area contributed by atoms with Crippen molar-refractivity contribution in [2.75, 3.05) is 6.54 Å². The van der Waals surface area contributed by atoms with E-state index < -0.39 is 0 Å². The average molecular weight is 205 g/mol. The fourth-order valence-corrected chi connectivity index (χ4v) is 1.36. The highest BCUT2D eigenvalue weighted by Gasteiger charge is 2.00. The molecule has 15 heavy (non-hydrogen) atoms. The fraction of sp³-hybridized carbons (Fsp3) is 0.385. The Hall–Kier alpha value is -1.28. The van der Waals surface area contributed by atoms with E-state index in [2.05, 4.69) is 6.58 Å². The van der Waals surface area contributed by atoms with Crippen LogP contribution in [0.25, 0.3) is 5.57 Å². The molecule has 0 aliphatic heterocycles. The highest BCUT2D eigenvalue weighted by Crippen LogP contribution is 2.20. The van der Waals surface area contributed by atoms with E-state index in [9.17, 15) is 0 Å². The van der Waals surface area contributed by atoms with Crippen LogP contribution in [-0.4, -0.2) is 12.6 Å². The molecule has 0 radical (unpaired) electrons. The van der Waals surface area contributed by atoms with E-state index >= 15 is 0 Å². The van der Waals surface area contributed by atoms with Gasteiger partial charge in [0.1, 0.15) is 5.75 Å². The van der Waals surface area contributed by atoms with Gasteiger partial charge < -0.3 is 10.5 Å². The Bertz CT molecular complexity index is 314. The van der Waals surface area contributed by atoms with E-state index in [-0.39, 0.29) is 6.10 Å². The van der Waals surface area contributed by atoms with Crippen LogP contribution in [0.15, 0.2) is 30.8 Å². The summed E-state index contributed by atoms with van der Waals surface area (Å²) in [7, 11) is 0. The number of ether oxygens (including phenoxy) is 1. The molecule has 0 atom stereocenters. The van der Waals surface area contributed by atoms with Crippen LogP contribution in [0.4, 0.5) is 0 Å². The van der Waals surface area contributed by atoms with E-state index in [0.29, 0.717) is 6.54 Å². The summed E-state index contributed by atoms with van der Waals surface area (Å²) in [4.78, 5) is 0. The molecule has 1 aromatic carbocycles. The zero-order valence-corrected chi connectivity index (χ0v) is 9.49. The summed E-state index contributed by atoms with van der Waals surface area (Å²) in [5, 5.41) is 0. The van der Waals surface area contributed by atoms with Gasteiger partial charge in [0.05, 0.1) is 6.10 Å². The maximum atomic E-state index is 5.55. The lowest BCUT2D eigenvalue weighted by Crippen LogP contribution is -2.05. The van der Waals surface area contributed by atoms with E-state index in [1.807, 2.05) is 38.1 Å². The molecule has 2 nitrogen and oxygen atoms in total. The second-order valence-corrected chi connectivity index (χ2v) is 3.83. The van der Waals surface area contributed by atoms with Crippen molar-refractivity contribution in [2.24, 2.45) is 5.73 Å². The zero-order chi connectivity index (χ0) is 11.3. The molecule has 0 unspecified atom stereocenters. The first-order chi connectivity index (χ1) is 7.13. The molecule has 0 saturated carbocycles. The highest BCUT2D eigenvalue weighted by molar-refractivity contribution is 5.63. The molecule has 2 N–H and O–H groups in total. The van der Waals surface area contributed by atoms with Crippen molar-refractivity contribution in [1.82, 2.24) is 0 Å².